The highest BCUT2D eigenvalue weighted by Gasteiger charge is 2.51. The van der Waals surface area contributed by atoms with Gasteiger partial charge in [0.05, 0.1) is 0 Å². The number of carboxylic acids is 1. The van der Waals surface area contributed by atoms with Crippen LogP contribution >= 0.6 is 0 Å². The average Bonchev–Trinajstić information content (AvgIpc) is 2.11. The van der Waals surface area contributed by atoms with E-state index in [2.05, 4.69) is 19.2 Å². The molecule has 0 aromatic rings. The van der Waals surface area contributed by atoms with Crippen LogP contribution in [0.4, 0.5) is 0 Å². The van der Waals surface area contributed by atoms with Gasteiger partial charge in [-0.25, -0.2) is 0 Å². The Hall–Kier alpha value is -1.06. The Labute approximate surface area is 103 Å². The van der Waals surface area contributed by atoms with E-state index in [0.29, 0.717) is 18.8 Å². The van der Waals surface area contributed by atoms with Gasteiger partial charge in [0.1, 0.15) is 5.41 Å². The van der Waals surface area contributed by atoms with Crippen LogP contribution in [0.2, 0.25) is 0 Å². The second kappa shape index (κ2) is 5.52. The molecule has 17 heavy (non-hydrogen) atoms. The summed E-state index contributed by atoms with van der Waals surface area (Å²) in [7, 11) is 0. The molecule has 0 saturated heterocycles. The second-order valence-corrected chi connectivity index (χ2v) is 5.59. The van der Waals surface area contributed by atoms with Gasteiger partial charge in [-0.05, 0) is 38.5 Å². The highest BCUT2D eigenvalue weighted by molar-refractivity contribution is 6.02. The van der Waals surface area contributed by atoms with E-state index in [1.807, 2.05) is 6.92 Å². The van der Waals surface area contributed by atoms with Crippen molar-refractivity contribution in [1.82, 2.24) is 5.32 Å². The van der Waals surface area contributed by atoms with Gasteiger partial charge in [0.2, 0.25) is 5.91 Å². The smallest absolute Gasteiger partial charge is 0.319 e. The van der Waals surface area contributed by atoms with E-state index in [1.165, 1.54) is 0 Å². The quantitative estimate of drug-likeness (QED) is 0.700. The molecule has 1 atom stereocenters. The second-order valence-electron chi connectivity index (χ2n) is 5.59. The first kappa shape index (κ1) is 14.0. The molecule has 0 heterocycles. The molecule has 1 aliphatic carbocycles. The number of rotatable bonds is 6. The topological polar surface area (TPSA) is 66.4 Å². The Kier molecular flexibility index (Phi) is 4.54. The van der Waals surface area contributed by atoms with Crippen LogP contribution in [-0.4, -0.2) is 23.0 Å². The molecule has 0 aromatic heterocycles. The van der Waals surface area contributed by atoms with Crippen LogP contribution in [0.15, 0.2) is 0 Å². The average molecular weight is 241 g/mol. The molecular formula is C13H23NO3. The number of hydrogen-bond acceptors (Lipinski definition) is 2. The summed E-state index contributed by atoms with van der Waals surface area (Å²) in [4.78, 5) is 23.1. The maximum Gasteiger partial charge on any atom is 0.319 e. The lowest BCUT2D eigenvalue weighted by atomic mass is 9.68. The fraction of sp³-hybridized carbons (Fsp3) is 0.846. The summed E-state index contributed by atoms with van der Waals surface area (Å²) in [6.45, 7) is 6.22. The highest BCUT2D eigenvalue weighted by atomic mass is 16.4. The first-order valence-electron chi connectivity index (χ1n) is 6.43. The molecule has 2 N–H and O–H groups in total. The van der Waals surface area contributed by atoms with Crippen molar-refractivity contribution in [1.29, 1.82) is 0 Å². The molecule has 0 aromatic carbocycles. The van der Waals surface area contributed by atoms with Gasteiger partial charge in [0, 0.05) is 6.04 Å². The monoisotopic (exact) mass is 241 g/mol. The minimum atomic E-state index is -1.13. The van der Waals surface area contributed by atoms with Crippen molar-refractivity contribution < 1.29 is 14.7 Å². The lowest BCUT2D eigenvalue weighted by molar-refractivity contribution is -0.162. The molecule has 4 nitrogen and oxygen atoms in total. The van der Waals surface area contributed by atoms with Gasteiger partial charge in [-0.1, -0.05) is 20.3 Å². The van der Waals surface area contributed by atoms with E-state index in [0.717, 1.165) is 19.3 Å². The maximum atomic E-state index is 12.0. The van der Waals surface area contributed by atoms with Crippen LogP contribution in [0.3, 0.4) is 0 Å². The van der Waals surface area contributed by atoms with Crippen molar-refractivity contribution in [2.24, 2.45) is 11.3 Å². The first-order chi connectivity index (χ1) is 7.88. The fourth-order valence-corrected chi connectivity index (χ4v) is 2.09. The molecule has 1 fully saturated rings. The molecule has 0 aliphatic heterocycles. The lowest BCUT2D eigenvalue weighted by Crippen LogP contribution is -2.53. The van der Waals surface area contributed by atoms with Gasteiger partial charge in [0.15, 0.2) is 0 Å². The van der Waals surface area contributed by atoms with Gasteiger partial charge in [-0.3, -0.25) is 9.59 Å². The molecule has 98 valence electrons. The summed E-state index contributed by atoms with van der Waals surface area (Å²) in [6, 6.07) is 0.0572. The number of carbonyl (C=O) groups is 2. The minimum Gasteiger partial charge on any atom is -0.480 e. The molecule has 1 aliphatic rings. The summed E-state index contributed by atoms with van der Waals surface area (Å²) in [5.74, 6) is -0.670. The SMILES string of the molecule is CC(C)CCC(C)NC(=O)C1(C(=O)O)CCC1. The zero-order valence-electron chi connectivity index (χ0n) is 11.0. The van der Waals surface area contributed by atoms with Gasteiger partial charge >= 0.3 is 5.97 Å². The summed E-state index contributed by atoms with van der Waals surface area (Å²) in [6.07, 6.45) is 3.73. The third-order valence-electron chi connectivity index (χ3n) is 3.61. The van der Waals surface area contributed by atoms with E-state index in [9.17, 15) is 9.59 Å². The predicted molar refractivity (Wildman–Crippen MR) is 65.6 cm³/mol. The van der Waals surface area contributed by atoms with Crippen LogP contribution in [0.5, 0.6) is 0 Å². The maximum absolute atomic E-state index is 12.0. The van der Waals surface area contributed by atoms with Gasteiger partial charge in [-0.15, -0.1) is 0 Å². The van der Waals surface area contributed by atoms with Gasteiger partial charge < -0.3 is 10.4 Å². The molecule has 0 bridgehead atoms. The number of aliphatic carboxylic acids is 1. The van der Waals surface area contributed by atoms with Crippen molar-refractivity contribution in [3.63, 3.8) is 0 Å². The molecule has 1 unspecified atom stereocenters. The standard InChI is InChI=1S/C13H23NO3/c1-9(2)5-6-10(3)14-11(15)13(12(16)17)7-4-8-13/h9-10H,4-8H2,1-3H3,(H,14,15)(H,16,17). The number of nitrogens with one attached hydrogen (secondary N) is 1. The number of hydrogen-bond donors (Lipinski definition) is 2. The zero-order valence-corrected chi connectivity index (χ0v) is 11.0. The molecule has 0 radical (unpaired) electrons. The van der Waals surface area contributed by atoms with Crippen LogP contribution in [0.25, 0.3) is 0 Å². The zero-order chi connectivity index (χ0) is 13.1. The van der Waals surface area contributed by atoms with E-state index in [4.69, 9.17) is 5.11 Å². The first-order valence-corrected chi connectivity index (χ1v) is 6.43. The van der Waals surface area contributed by atoms with Crippen molar-refractivity contribution >= 4 is 11.9 Å². The van der Waals surface area contributed by atoms with E-state index < -0.39 is 11.4 Å². The summed E-state index contributed by atoms with van der Waals surface area (Å²) in [5, 5.41) is 12.0. The van der Waals surface area contributed by atoms with Crippen molar-refractivity contribution in [3.05, 3.63) is 0 Å². The Morgan fingerprint density at radius 2 is 1.82 bits per heavy atom. The Morgan fingerprint density at radius 3 is 2.18 bits per heavy atom. The van der Waals surface area contributed by atoms with Crippen LogP contribution in [0.1, 0.15) is 52.9 Å². The van der Waals surface area contributed by atoms with E-state index in [1.54, 1.807) is 0 Å². The Balaban J connectivity index is 2.45. The van der Waals surface area contributed by atoms with Crippen LogP contribution < -0.4 is 5.32 Å². The number of amides is 1. The van der Waals surface area contributed by atoms with Crippen LogP contribution in [0, 0.1) is 11.3 Å². The minimum absolute atomic E-state index is 0.0572. The van der Waals surface area contributed by atoms with Crippen LogP contribution in [-0.2, 0) is 9.59 Å². The normalized spacial score (nSPS) is 19.5. The van der Waals surface area contributed by atoms with Crippen molar-refractivity contribution in [3.8, 4) is 0 Å². The molecule has 1 rings (SSSR count). The highest BCUT2D eigenvalue weighted by Crippen LogP contribution is 2.41. The van der Waals surface area contributed by atoms with Crippen molar-refractivity contribution in [2.75, 3.05) is 0 Å². The number of carbonyl (C=O) groups excluding carboxylic acids is 1. The third-order valence-corrected chi connectivity index (χ3v) is 3.61. The van der Waals surface area contributed by atoms with Gasteiger partial charge in [-0.2, -0.15) is 0 Å². The van der Waals surface area contributed by atoms with Crippen molar-refractivity contribution in [2.45, 2.75) is 58.9 Å². The fourth-order valence-electron chi connectivity index (χ4n) is 2.09. The largest absolute Gasteiger partial charge is 0.480 e. The summed E-state index contributed by atoms with van der Waals surface area (Å²) in [5.41, 5.74) is -1.13. The Bertz CT molecular complexity index is 295. The predicted octanol–water partition coefficient (Wildman–Crippen LogP) is 2.18. The number of carboxylic acid groups (broad SMARTS) is 1. The summed E-state index contributed by atoms with van der Waals surface area (Å²) >= 11 is 0. The lowest BCUT2D eigenvalue weighted by Gasteiger charge is -2.36. The summed E-state index contributed by atoms with van der Waals surface area (Å²) < 4.78 is 0. The molecule has 0 spiro atoms. The molecule has 4 heteroatoms. The molecule has 1 saturated carbocycles. The Morgan fingerprint density at radius 1 is 1.24 bits per heavy atom. The van der Waals surface area contributed by atoms with E-state index >= 15 is 0 Å². The van der Waals surface area contributed by atoms with Gasteiger partial charge in [0.25, 0.3) is 0 Å². The van der Waals surface area contributed by atoms with E-state index in [-0.39, 0.29) is 11.9 Å². The molecular weight excluding hydrogens is 218 g/mol. The molecule has 1 amide bonds. The third kappa shape index (κ3) is 3.20.